The van der Waals surface area contributed by atoms with E-state index in [0.717, 1.165) is 31.4 Å². The van der Waals surface area contributed by atoms with Crippen molar-refractivity contribution in [3.05, 3.63) is 33.8 Å². The molecule has 2 rings (SSSR count). The van der Waals surface area contributed by atoms with E-state index in [1.54, 1.807) is 4.90 Å². The minimum absolute atomic E-state index is 0.186. The summed E-state index contributed by atoms with van der Waals surface area (Å²) >= 11 is 3.09. The van der Waals surface area contributed by atoms with E-state index in [0.29, 0.717) is 17.6 Å². The molecule has 1 heterocycles. The van der Waals surface area contributed by atoms with Gasteiger partial charge in [-0.05, 0) is 47.3 Å². The first-order valence-electron chi connectivity index (χ1n) is 5.53. The maximum absolute atomic E-state index is 13.1. The van der Waals surface area contributed by atoms with Crippen molar-refractivity contribution in [2.24, 2.45) is 0 Å². The Kier molecular flexibility index (Phi) is 3.76. The Morgan fingerprint density at radius 3 is 2.35 bits per heavy atom. The van der Waals surface area contributed by atoms with E-state index < -0.39 is 11.6 Å². The lowest BCUT2D eigenvalue weighted by atomic mass is 10.1. The number of likely N-dealkylation sites (tertiary alicyclic amines) is 1. The summed E-state index contributed by atoms with van der Waals surface area (Å²) in [6, 6.07) is 1.95. The van der Waals surface area contributed by atoms with E-state index in [1.165, 1.54) is 0 Å². The van der Waals surface area contributed by atoms with E-state index in [9.17, 15) is 13.6 Å². The minimum atomic E-state index is -0.992. The van der Waals surface area contributed by atoms with Gasteiger partial charge in [-0.3, -0.25) is 4.79 Å². The van der Waals surface area contributed by atoms with Gasteiger partial charge in [0.1, 0.15) is 0 Å². The molecule has 92 valence electrons. The van der Waals surface area contributed by atoms with Crippen LogP contribution in [0.1, 0.15) is 29.6 Å². The monoisotopic (exact) mass is 303 g/mol. The summed E-state index contributed by atoms with van der Waals surface area (Å²) in [7, 11) is 0. The van der Waals surface area contributed by atoms with Crippen LogP contribution in [0.15, 0.2) is 16.6 Å². The van der Waals surface area contributed by atoms with E-state index in [2.05, 4.69) is 15.9 Å². The molecule has 2 nitrogen and oxygen atoms in total. The Bertz CT molecular complexity index is 444. The number of hydrogen-bond donors (Lipinski definition) is 0. The molecular weight excluding hydrogens is 292 g/mol. The van der Waals surface area contributed by atoms with E-state index >= 15 is 0 Å². The Balaban J connectivity index is 2.26. The molecule has 0 aliphatic carbocycles. The normalized spacial score (nSPS) is 16.1. The first-order chi connectivity index (χ1) is 8.09. The summed E-state index contributed by atoms with van der Waals surface area (Å²) in [6.07, 6.45) is 3.04. The molecule has 1 saturated heterocycles. The molecule has 1 aliphatic heterocycles. The van der Waals surface area contributed by atoms with Crippen molar-refractivity contribution in [3.8, 4) is 0 Å². The summed E-state index contributed by atoms with van der Waals surface area (Å²) in [5.74, 6) is -2.18. The van der Waals surface area contributed by atoms with Gasteiger partial charge < -0.3 is 4.90 Å². The highest BCUT2D eigenvalue weighted by atomic mass is 79.9. The number of carbonyl (C=O) groups is 1. The van der Waals surface area contributed by atoms with Crippen molar-refractivity contribution in [1.82, 2.24) is 4.90 Å². The Labute approximate surface area is 107 Å². The third kappa shape index (κ3) is 2.65. The number of nitrogens with zero attached hydrogens (tertiary/aromatic N) is 1. The third-order valence-electron chi connectivity index (χ3n) is 2.88. The van der Waals surface area contributed by atoms with Crippen LogP contribution in [0.4, 0.5) is 8.78 Å². The molecule has 0 aromatic heterocycles. The molecule has 1 aromatic rings. The zero-order valence-corrected chi connectivity index (χ0v) is 10.8. The van der Waals surface area contributed by atoms with Gasteiger partial charge in [0.25, 0.3) is 5.91 Å². The van der Waals surface area contributed by atoms with Crippen LogP contribution in [-0.2, 0) is 0 Å². The van der Waals surface area contributed by atoms with E-state index in [1.807, 2.05) is 0 Å². The number of benzene rings is 1. The van der Waals surface area contributed by atoms with Crippen molar-refractivity contribution >= 4 is 21.8 Å². The highest BCUT2D eigenvalue weighted by molar-refractivity contribution is 9.10. The smallest absolute Gasteiger partial charge is 0.255 e. The third-order valence-corrected chi connectivity index (χ3v) is 3.54. The maximum atomic E-state index is 13.1. The molecule has 0 bridgehead atoms. The maximum Gasteiger partial charge on any atom is 0.255 e. The summed E-state index contributed by atoms with van der Waals surface area (Å²) in [6.45, 7) is 1.37. The first-order valence-corrected chi connectivity index (χ1v) is 6.32. The van der Waals surface area contributed by atoms with Crippen LogP contribution in [0.5, 0.6) is 0 Å². The average Bonchev–Trinajstić information content (AvgIpc) is 2.34. The van der Waals surface area contributed by atoms with Gasteiger partial charge in [0.2, 0.25) is 0 Å². The van der Waals surface area contributed by atoms with Gasteiger partial charge in [-0.25, -0.2) is 8.78 Å². The predicted octanol–water partition coefficient (Wildman–Crippen LogP) is 3.35. The first kappa shape index (κ1) is 12.5. The fraction of sp³-hybridized carbons (Fsp3) is 0.417. The number of piperidine rings is 1. The Hall–Kier alpha value is -0.970. The van der Waals surface area contributed by atoms with Crippen LogP contribution in [0, 0.1) is 11.6 Å². The molecule has 1 aliphatic rings. The highest BCUT2D eigenvalue weighted by Gasteiger charge is 2.21. The van der Waals surface area contributed by atoms with E-state index in [4.69, 9.17) is 0 Å². The number of rotatable bonds is 1. The highest BCUT2D eigenvalue weighted by Crippen LogP contribution is 2.23. The fourth-order valence-corrected chi connectivity index (χ4v) is 2.44. The molecule has 1 aromatic carbocycles. The fourth-order valence-electron chi connectivity index (χ4n) is 1.95. The van der Waals surface area contributed by atoms with Crippen molar-refractivity contribution in [3.63, 3.8) is 0 Å². The largest absolute Gasteiger partial charge is 0.339 e. The van der Waals surface area contributed by atoms with Gasteiger partial charge in [-0.15, -0.1) is 0 Å². The van der Waals surface area contributed by atoms with Crippen LogP contribution in [0.2, 0.25) is 0 Å². The lowest BCUT2D eigenvalue weighted by Gasteiger charge is -2.27. The molecule has 0 atom stereocenters. The minimum Gasteiger partial charge on any atom is -0.339 e. The summed E-state index contributed by atoms with van der Waals surface area (Å²) < 4.78 is 26.4. The van der Waals surface area contributed by atoms with Crippen LogP contribution in [-0.4, -0.2) is 23.9 Å². The molecule has 0 radical (unpaired) electrons. The molecule has 0 N–H and O–H groups in total. The van der Waals surface area contributed by atoms with Crippen LogP contribution < -0.4 is 0 Å². The second-order valence-corrected chi connectivity index (χ2v) is 4.95. The van der Waals surface area contributed by atoms with Gasteiger partial charge in [0.05, 0.1) is 5.56 Å². The molecule has 5 heteroatoms. The zero-order valence-electron chi connectivity index (χ0n) is 9.18. The standard InChI is InChI=1S/C12H12BrF2NO/c13-9-7-11(15)10(14)6-8(9)12(17)16-4-2-1-3-5-16/h6-7H,1-5H2. The van der Waals surface area contributed by atoms with Gasteiger partial charge in [-0.2, -0.15) is 0 Å². The van der Waals surface area contributed by atoms with Crippen molar-refractivity contribution in [1.29, 1.82) is 0 Å². The molecule has 0 unspecified atom stereocenters. The van der Waals surface area contributed by atoms with Gasteiger partial charge in [0, 0.05) is 17.6 Å². The number of halogens is 3. The lowest BCUT2D eigenvalue weighted by Crippen LogP contribution is -2.35. The Morgan fingerprint density at radius 1 is 1.12 bits per heavy atom. The van der Waals surface area contributed by atoms with E-state index in [-0.39, 0.29) is 11.5 Å². The number of carbonyl (C=O) groups excluding carboxylic acids is 1. The molecule has 17 heavy (non-hydrogen) atoms. The topological polar surface area (TPSA) is 20.3 Å². The van der Waals surface area contributed by atoms with Crippen molar-refractivity contribution in [2.75, 3.05) is 13.1 Å². The summed E-state index contributed by atoms with van der Waals surface area (Å²) in [5, 5.41) is 0. The Morgan fingerprint density at radius 2 is 1.71 bits per heavy atom. The van der Waals surface area contributed by atoms with Crippen molar-refractivity contribution < 1.29 is 13.6 Å². The molecular formula is C12H12BrF2NO. The second-order valence-electron chi connectivity index (χ2n) is 4.10. The average molecular weight is 304 g/mol. The summed E-state index contributed by atoms with van der Waals surface area (Å²) in [5.41, 5.74) is 0.186. The quantitative estimate of drug-likeness (QED) is 0.729. The summed E-state index contributed by atoms with van der Waals surface area (Å²) in [4.78, 5) is 13.8. The second kappa shape index (κ2) is 5.12. The molecule has 0 spiro atoms. The van der Waals surface area contributed by atoms with Crippen LogP contribution in [0.3, 0.4) is 0 Å². The van der Waals surface area contributed by atoms with Gasteiger partial charge >= 0.3 is 0 Å². The van der Waals surface area contributed by atoms with Crippen LogP contribution in [0.25, 0.3) is 0 Å². The molecule has 1 fully saturated rings. The van der Waals surface area contributed by atoms with Crippen molar-refractivity contribution in [2.45, 2.75) is 19.3 Å². The molecule has 0 saturated carbocycles. The number of hydrogen-bond acceptors (Lipinski definition) is 1. The SMILES string of the molecule is O=C(c1cc(F)c(F)cc1Br)N1CCCCC1. The lowest BCUT2D eigenvalue weighted by molar-refractivity contribution is 0.0723. The zero-order chi connectivity index (χ0) is 12.4. The predicted molar refractivity (Wildman–Crippen MR) is 63.8 cm³/mol. The van der Waals surface area contributed by atoms with Crippen LogP contribution >= 0.6 is 15.9 Å². The molecule has 1 amide bonds. The van der Waals surface area contributed by atoms with Gasteiger partial charge in [-0.1, -0.05) is 0 Å². The van der Waals surface area contributed by atoms with Gasteiger partial charge in [0.15, 0.2) is 11.6 Å². The number of amides is 1.